The summed E-state index contributed by atoms with van der Waals surface area (Å²) in [6.07, 6.45) is 7.11. The Morgan fingerprint density at radius 3 is 2.67 bits per heavy atom. The highest BCUT2D eigenvalue weighted by molar-refractivity contribution is 5.93. The smallest absolute Gasteiger partial charge is 0.252 e. The third kappa shape index (κ3) is 8.81. The van der Waals surface area contributed by atoms with Crippen LogP contribution in [0.4, 0.5) is 0 Å². The maximum absolute atomic E-state index is 11.5. The number of aromatic nitrogens is 1. The quantitative estimate of drug-likeness (QED) is 0.566. The zero-order chi connectivity index (χ0) is 20.1. The predicted molar refractivity (Wildman–Crippen MR) is 108 cm³/mol. The Kier molecular flexibility index (Phi) is 10.2. The molecular formula is C22H28N2O3. The van der Waals surface area contributed by atoms with E-state index in [1.54, 1.807) is 32.4 Å². The van der Waals surface area contributed by atoms with Crippen molar-refractivity contribution in [2.45, 2.75) is 33.1 Å². The summed E-state index contributed by atoms with van der Waals surface area (Å²) < 4.78 is 5.20. The summed E-state index contributed by atoms with van der Waals surface area (Å²) in [5.41, 5.74) is 2.96. The van der Waals surface area contributed by atoms with Crippen LogP contribution in [0, 0.1) is 6.92 Å². The Morgan fingerprint density at radius 2 is 2.07 bits per heavy atom. The van der Waals surface area contributed by atoms with Gasteiger partial charge >= 0.3 is 0 Å². The van der Waals surface area contributed by atoms with Gasteiger partial charge in [0, 0.05) is 25.4 Å². The van der Waals surface area contributed by atoms with E-state index in [-0.39, 0.29) is 11.7 Å². The molecule has 1 heterocycles. The number of Topliss-reactive ketones (excluding diaryl/α,β-unsaturated/α-hetero) is 1. The normalized spacial score (nSPS) is 9.59. The molecule has 0 aliphatic heterocycles. The van der Waals surface area contributed by atoms with Gasteiger partial charge < -0.3 is 14.8 Å². The highest BCUT2D eigenvalue weighted by Gasteiger charge is 2.03. The lowest BCUT2D eigenvalue weighted by Gasteiger charge is -2.05. The van der Waals surface area contributed by atoms with Crippen molar-refractivity contribution in [3.8, 4) is 5.75 Å². The molecule has 0 unspecified atom stereocenters. The van der Waals surface area contributed by atoms with Crippen LogP contribution >= 0.6 is 0 Å². The number of pyridine rings is 1. The van der Waals surface area contributed by atoms with Crippen LogP contribution < -0.4 is 10.1 Å². The minimum absolute atomic E-state index is 0.144. The van der Waals surface area contributed by atoms with E-state index in [4.69, 9.17) is 4.74 Å². The number of amides is 1. The van der Waals surface area contributed by atoms with Gasteiger partial charge in [-0.05, 0) is 56.0 Å². The molecule has 1 aromatic heterocycles. The summed E-state index contributed by atoms with van der Waals surface area (Å²) in [6.45, 7) is 7.80. The highest BCUT2D eigenvalue weighted by Crippen LogP contribution is 2.19. The second kappa shape index (κ2) is 12.4. The third-order valence-corrected chi connectivity index (χ3v) is 3.77. The topological polar surface area (TPSA) is 68.3 Å². The van der Waals surface area contributed by atoms with Gasteiger partial charge in [0.15, 0.2) is 0 Å². The van der Waals surface area contributed by atoms with Gasteiger partial charge in [0.2, 0.25) is 0 Å². The number of ether oxygens (including phenoxy) is 1. The SMILES string of the molecule is C=CCc1ccc(C)c(OC)c1.CC(=O)CCCNC(=O)c1cccnc1. The molecule has 0 bridgehead atoms. The van der Waals surface area contributed by atoms with Crippen molar-refractivity contribution in [2.75, 3.05) is 13.7 Å². The summed E-state index contributed by atoms with van der Waals surface area (Å²) in [4.78, 5) is 25.9. The molecule has 0 spiro atoms. The highest BCUT2D eigenvalue weighted by atomic mass is 16.5. The molecule has 2 aromatic rings. The fraction of sp³-hybridized carbons (Fsp3) is 0.318. The van der Waals surface area contributed by atoms with E-state index in [1.807, 2.05) is 13.0 Å². The number of carbonyl (C=O) groups excluding carboxylic acids is 2. The first-order chi connectivity index (χ1) is 13.0. The van der Waals surface area contributed by atoms with E-state index >= 15 is 0 Å². The van der Waals surface area contributed by atoms with Crippen molar-refractivity contribution in [1.82, 2.24) is 10.3 Å². The van der Waals surface area contributed by atoms with Gasteiger partial charge in [0.05, 0.1) is 12.7 Å². The Hall–Kier alpha value is -2.95. The van der Waals surface area contributed by atoms with Crippen molar-refractivity contribution in [2.24, 2.45) is 0 Å². The molecule has 5 heteroatoms. The van der Waals surface area contributed by atoms with Gasteiger partial charge in [-0.15, -0.1) is 6.58 Å². The monoisotopic (exact) mass is 368 g/mol. The summed E-state index contributed by atoms with van der Waals surface area (Å²) >= 11 is 0. The van der Waals surface area contributed by atoms with Crippen LogP contribution in [-0.4, -0.2) is 30.3 Å². The molecule has 0 aliphatic rings. The van der Waals surface area contributed by atoms with E-state index in [1.165, 1.54) is 17.3 Å². The fourth-order valence-corrected chi connectivity index (χ4v) is 2.30. The Bertz CT molecular complexity index is 742. The van der Waals surface area contributed by atoms with Crippen molar-refractivity contribution in [3.63, 3.8) is 0 Å². The zero-order valence-electron chi connectivity index (χ0n) is 16.3. The minimum atomic E-state index is -0.147. The van der Waals surface area contributed by atoms with E-state index < -0.39 is 0 Å². The lowest BCUT2D eigenvalue weighted by molar-refractivity contribution is -0.117. The number of hydrogen-bond donors (Lipinski definition) is 1. The van der Waals surface area contributed by atoms with Crippen LogP contribution in [0.15, 0.2) is 55.4 Å². The Balaban J connectivity index is 0.000000277. The number of aryl methyl sites for hydroxylation is 1. The molecule has 0 aliphatic carbocycles. The largest absolute Gasteiger partial charge is 0.496 e. The average Bonchev–Trinajstić information content (AvgIpc) is 2.68. The van der Waals surface area contributed by atoms with Gasteiger partial charge in [-0.25, -0.2) is 0 Å². The first-order valence-corrected chi connectivity index (χ1v) is 8.90. The molecule has 1 amide bonds. The van der Waals surface area contributed by atoms with Crippen molar-refractivity contribution >= 4 is 11.7 Å². The molecular weight excluding hydrogens is 340 g/mol. The average molecular weight is 368 g/mol. The van der Waals surface area contributed by atoms with E-state index in [2.05, 4.69) is 35.1 Å². The lowest BCUT2D eigenvalue weighted by atomic mass is 10.1. The van der Waals surface area contributed by atoms with Crippen molar-refractivity contribution in [3.05, 3.63) is 72.1 Å². The maximum atomic E-state index is 11.5. The molecule has 27 heavy (non-hydrogen) atoms. The van der Waals surface area contributed by atoms with Gasteiger partial charge in [-0.3, -0.25) is 9.78 Å². The van der Waals surface area contributed by atoms with Crippen LogP contribution in [0.5, 0.6) is 5.75 Å². The van der Waals surface area contributed by atoms with E-state index in [0.717, 1.165) is 12.2 Å². The van der Waals surface area contributed by atoms with Gasteiger partial charge in [-0.2, -0.15) is 0 Å². The summed E-state index contributed by atoms with van der Waals surface area (Å²) in [5.74, 6) is 0.951. The summed E-state index contributed by atoms with van der Waals surface area (Å²) in [7, 11) is 1.69. The van der Waals surface area contributed by atoms with Crippen LogP contribution in [-0.2, 0) is 11.2 Å². The first kappa shape index (κ1) is 22.1. The number of nitrogens with zero attached hydrogens (tertiary/aromatic N) is 1. The molecule has 0 fully saturated rings. The van der Waals surface area contributed by atoms with Gasteiger partial charge in [0.25, 0.3) is 5.91 Å². The third-order valence-electron chi connectivity index (χ3n) is 3.77. The molecule has 0 saturated carbocycles. The number of ketones is 1. The number of nitrogens with one attached hydrogen (secondary N) is 1. The summed E-state index contributed by atoms with van der Waals surface area (Å²) in [5, 5.41) is 2.72. The van der Waals surface area contributed by atoms with Crippen LogP contribution in [0.2, 0.25) is 0 Å². The zero-order valence-corrected chi connectivity index (χ0v) is 16.3. The van der Waals surface area contributed by atoms with E-state index in [9.17, 15) is 9.59 Å². The molecule has 1 aromatic carbocycles. The molecule has 0 saturated heterocycles. The second-order valence-corrected chi connectivity index (χ2v) is 6.10. The van der Waals surface area contributed by atoms with Gasteiger partial charge in [0.1, 0.15) is 11.5 Å². The molecule has 144 valence electrons. The number of allylic oxidation sites excluding steroid dienone is 1. The van der Waals surface area contributed by atoms with Crippen LogP contribution in [0.3, 0.4) is 0 Å². The number of hydrogen-bond acceptors (Lipinski definition) is 4. The van der Waals surface area contributed by atoms with E-state index in [0.29, 0.717) is 24.9 Å². The molecule has 1 N–H and O–H groups in total. The number of carbonyl (C=O) groups is 2. The summed E-state index contributed by atoms with van der Waals surface area (Å²) in [6, 6.07) is 9.63. The molecule has 5 nitrogen and oxygen atoms in total. The first-order valence-electron chi connectivity index (χ1n) is 8.90. The Labute approximate surface area is 161 Å². The molecule has 0 atom stereocenters. The number of rotatable bonds is 8. The number of benzene rings is 1. The predicted octanol–water partition coefficient (Wildman–Crippen LogP) is 3.91. The Morgan fingerprint density at radius 1 is 1.30 bits per heavy atom. The molecule has 2 rings (SSSR count). The van der Waals surface area contributed by atoms with Crippen LogP contribution in [0.1, 0.15) is 41.3 Å². The van der Waals surface area contributed by atoms with Gasteiger partial charge in [-0.1, -0.05) is 18.2 Å². The number of methoxy groups -OCH3 is 1. The second-order valence-electron chi connectivity index (χ2n) is 6.10. The standard InChI is InChI=1S/C11H14N2O2.C11H14O/c1-9(14)4-2-7-13-11(15)10-5-3-6-12-8-10;1-4-5-10-7-6-9(2)11(8-10)12-3/h3,5-6,8H,2,4,7H2,1H3,(H,13,15);4,6-8H,1,5H2,2-3H3. The van der Waals surface area contributed by atoms with Crippen molar-refractivity contribution in [1.29, 1.82) is 0 Å². The maximum Gasteiger partial charge on any atom is 0.252 e. The van der Waals surface area contributed by atoms with Crippen molar-refractivity contribution < 1.29 is 14.3 Å². The minimum Gasteiger partial charge on any atom is -0.496 e. The fourth-order valence-electron chi connectivity index (χ4n) is 2.30. The van der Waals surface area contributed by atoms with Crippen LogP contribution in [0.25, 0.3) is 0 Å². The lowest BCUT2D eigenvalue weighted by Crippen LogP contribution is -2.24. The molecule has 0 radical (unpaired) electrons.